The number of carbonyl (C=O) groups excluding carboxylic acids is 1. The smallest absolute Gasteiger partial charge is 0.270 e. The van der Waals surface area contributed by atoms with Gasteiger partial charge in [0.1, 0.15) is 0 Å². The fourth-order valence-corrected chi connectivity index (χ4v) is 4.99. The molecule has 0 aliphatic carbocycles. The molecule has 12 heteroatoms. The summed E-state index contributed by atoms with van der Waals surface area (Å²) in [6.07, 6.45) is 1.54. The minimum atomic E-state index is -3.95. The molecule has 0 saturated carbocycles. The van der Waals surface area contributed by atoms with E-state index in [0.717, 1.165) is 17.6 Å². The number of aromatic nitrogens is 2. The van der Waals surface area contributed by atoms with Crippen LogP contribution < -0.4 is 10.0 Å². The Hall–Kier alpha value is -1.89. The van der Waals surface area contributed by atoms with Crippen molar-refractivity contribution in [3.63, 3.8) is 0 Å². The first-order valence-electron chi connectivity index (χ1n) is 7.46. The molecule has 0 aliphatic rings. The summed E-state index contributed by atoms with van der Waals surface area (Å²) in [5.41, 5.74) is 0.620. The average Bonchev–Trinajstić information content (AvgIpc) is 3.00. The number of amides is 1. The summed E-state index contributed by atoms with van der Waals surface area (Å²) in [5, 5.41) is 9.67. The highest BCUT2D eigenvalue weighted by atomic mass is 32.2. The highest BCUT2D eigenvalue weighted by molar-refractivity contribution is 7.91. The summed E-state index contributed by atoms with van der Waals surface area (Å²) in [6.45, 7) is 3.07. The number of hydrogen-bond acceptors (Lipinski definition) is 8. The van der Waals surface area contributed by atoms with Crippen molar-refractivity contribution < 1.29 is 21.6 Å². The Morgan fingerprint density at radius 1 is 1.15 bits per heavy atom. The van der Waals surface area contributed by atoms with Crippen LogP contribution >= 0.6 is 11.3 Å². The summed E-state index contributed by atoms with van der Waals surface area (Å²) in [4.78, 5) is 11.2. The first-order chi connectivity index (χ1) is 12.0. The molecule has 1 heterocycles. The lowest BCUT2D eigenvalue weighted by atomic mass is 10.1. The molecule has 0 saturated heterocycles. The van der Waals surface area contributed by atoms with E-state index in [2.05, 4.69) is 20.2 Å². The molecule has 1 aromatic carbocycles. The molecule has 1 atom stereocenters. The summed E-state index contributed by atoms with van der Waals surface area (Å²) in [7, 11) is -7.27. The van der Waals surface area contributed by atoms with Gasteiger partial charge < -0.3 is 5.32 Å². The van der Waals surface area contributed by atoms with Crippen LogP contribution in [0.15, 0.2) is 33.5 Å². The van der Waals surface area contributed by atoms with E-state index in [9.17, 15) is 21.6 Å². The van der Waals surface area contributed by atoms with Crippen molar-refractivity contribution >= 4 is 42.2 Å². The lowest BCUT2D eigenvalue weighted by Gasteiger charge is -2.16. The van der Waals surface area contributed by atoms with Crippen LogP contribution in [0, 0.1) is 0 Å². The van der Waals surface area contributed by atoms with Crippen LogP contribution in [0.1, 0.15) is 31.9 Å². The van der Waals surface area contributed by atoms with E-state index < -0.39 is 25.9 Å². The molecule has 0 radical (unpaired) electrons. The van der Waals surface area contributed by atoms with Gasteiger partial charge in [-0.3, -0.25) is 4.79 Å². The Morgan fingerprint density at radius 2 is 1.77 bits per heavy atom. The number of nitrogens with zero attached hydrogens (tertiary/aromatic N) is 2. The standard InChI is InChI=1S/C14H18N4O5S3/c1-4-12(10-5-7-11(8-6-10)25(3,20)21)18-26(22,23)14-17-16-13(24-14)15-9(2)19/h5-8,12,18H,4H2,1-3H3,(H,15,16,19)/t12-/m1/s1. The maximum absolute atomic E-state index is 12.5. The van der Waals surface area contributed by atoms with Gasteiger partial charge in [0.05, 0.1) is 4.90 Å². The van der Waals surface area contributed by atoms with E-state index in [1.165, 1.54) is 19.1 Å². The predicted molar refractivity (Wildman–Crippen MR) is 97.1 cm³/mol. The number of sulfonamides is 1. The Balaban J connectivity index is 2.23. The SMILES string of the molecule is CC[C@@H](NS(=O)(=O)c1nnc(NC(C)=O)s1)c1ccc(S(C)(=O)=O)cc1. The van der Waals surface area contributed by atoms with E-state index in [4.69, 9.17) is 0 Å². The minimum Gasteiger partial charge on any atom is -0.301 e. The van der Waals surface area contributed by atoms with Crippen LogP contribution in [-0.2, 0) is 24.7 Å². The maximum atomic E-state index is 12.5. The first-order valence-corrected chi connectivity index (χ1v) is 11.7. The zero-order chi connectivity index (χ0) is 19.5. The highest BCUT2D eigenvalue weighted by Crippen LogP contribution is 2.24. The largest absolute Gasteiger partial charge is 0.301 e. The molecule has 0 spiro atoms. The molecule has 0 fully saturated rings. The summed E-state index contributed by atoms with van der Waals surface area (Å²) < 4.78 is 50.3. The van der Waals surface area contributed by atoms with Gasteiger partial charge in [-0.05, 0) is 24.1 Å². The molecule has 0 unspecified atom stereocenters. The van der Waals surface area contributed by atoms with Gasteiger partial charge in [0, 0.05) is 19.2 Å². The molecule has 2 aromatic rings. The summed E-state index contributed by atoms with van der Waals surface area (Å²) in [6, 6.07) is 5.43. The predicted octanol–water partition coefficient (Wildman–Crippen LogP) is 1.33. The third kappa shape index (κ3) is 5.06. The Morgan fingerprint density at radius 3 is 2.27 bits per heavy atom. The second kappa shape index (κ2) is 7.78. The van der Waals surface area contributed by atoms with Gasteiger partial charge in [0.25, 0.3) is 10.0 Å². The zero-order valence-electron chi connectivity index (χ0n) is 14.3. The number of rotatable bonds is 7. The van der Waals surface area contributed by atoms with Crippen LogP contribution in [-0.4, -0.2) is 39.2 Å². The number of hydrogen-bond donors (Lipinski definition) is 2. The molecule has 0 aliphatic heterocycles. The fraction of sp³-hybridized carbons (Fsp3) is 0.357. The van der Waals surface area contributed by atoms with Gasteiger partial charge in [0.2, 0.25) is 15.4 Å². The van der Waals surface area contributed by atoms with Crippen LogP contribution in [0.25, 0.3) is 0 Å². The number of nitrogens with one attached hydrogen (secondary N) is 2. The van der Waals surface area contributed by atoms with Crippen molar-refractivity contribution in [3.05, 3.63) is 29.8 Å². The Kier molecular flexibility index (Phi) is 6.11. The molecule has 26 heavy (non-hydrogen) atoms. The van der Waals surface area contributed by atoms with Crippen LogP contribution in [0.4, 0.5) is 5.13 Å². The minimum absolute atomic E-state index is 0.0865. The molecule has 2 N–H and O–H groups in total. The van der Waals surface area contributed by atoms with E-state index in [0.29, 0.717) is 12.0 Å². The quantitative estimate of drug-likeness (QED) is 0.648. The molecule has 9 nitrogen and oxygen atoms in total. The third-order valence-electron chi connectivity index (χ3n) is 3.34. The van der Waals surface area contributed by atoms with Crippen molar-refractivity contribution in [2.45, 2.75) is 35.5 Å². The number of carbonyl (C=O) groups is 1. The van der Waals surface area contributed by atoms with E-state index in [-0.39, 0.29) is 20.3 Å². The van der Waals surface area contributed by atoms with Crippen molar-refractivity contribution in [1.82, 2.24) is 14.9 Å². The average molecular weight is 419 g/mol. The van der Waals surface area contributed by atoms with Crippen LogP contribution in [0.5, 0.6) is 0 Å². The molecule has 142 valence electrons. The fourth-order valence-electron chi connectivity index (χ4n) is 2.09. The second-order valence-electron chi connectivity index (χ2n) is 5.48. The zero-order valence-corrected chi connectivity index (χ0v) is 16.7. The Bertz CT molecular complexity index is 997. The van der Waals surface area contributed by atoms with Crippen molar-refractivity contribution in [1.29, 1.82) is 0 Å². The number of sulfone groups is 1. The first kappa shape index (κ1) is 20.4. The lowest BCUT2D eigenvalue weighted by Crippen LogP contribution is -2.28. The summed E-state index contributed by atoms with van der Waals surface area (Å²) >= 11 is 0.738. The third-order valence-corrected chi connectivity index (χ3v) is 7.14. The molecular formula is C14H18N4O5S3. The number of benzene rings is 1. The second-order valence-corrected chi connectivity index (χ2v) is 10.4. The maximum Gasteiger partial charge on any atom is 0.270 e. The van der Waals surface area contributed by atoms with Crippen LogP contribution in [0.2, 0.25) is 0 Å². The number of anilines is 1. The molecule has 1 aromatic heterocycles. The molecule has 1 amide bonds. The van der Waals surface area contributed by atoms with E-state index in [1.54, 1.807) is 19.1 Å². The Labute approximate surface area is 155 Å². The highest BCUT2D eigenvalue weighted by Gasteiger charge is 2.25. The van der Waals surface area contributed by atoms with Gasteiger partial charge in [-0.2, -0.15) is 0 Å². The van der Waals surface area contributed by atoms with E-state index >= 15 is 0 Å². The topological polar surface area (TPSA) is 135 Å². The van der Waals surface area contributed by atoms with E-state index in [1.807, 2.05) is 0 Å². The van der Waals surface area contributed by atoms with Gasteiger partial charge in [0.15, 0.2) is 9.84 Å². The van der Waals surface area contributed by atoms with Crippen molar-refractivity contribution in [3.8, 4) is 0 Å². The van der Waals surface area contributed by atoms with Gasteiger partial charge in [-0.15, -0.1) is 10.2 Å². The lowest BCUT2D eigenvalue weighted by molar-refractivity contribution is -0.114. The molecular weight excluding hydrogens is 400 g/mol. The normalized spacial score (nSPS) is 13.3. The molecule has 0 bridgehead atoms. The monoisotopic (exact) mass is 418 g/mol. The summed E-state index contributed by atoms with van der Waals surface area (Å²) in [5.74, 6) is -0.379. The molecule has 2 rings (SSSR count). The van der Waals surface area contributed by atoms with Gasteiger partial charge in [-0.25, -0.2) is 21.6 Å². The van der Waals surface area contributed by atoms with Crippen LogP contribution in [0.3, 0.4) is 0 Å². The van der Waals surface area contributed by atoms with Crippen molar-refractivity contribution in [2.24, 2.45) is 0 Å². The van der Waals surface area contributed by atoms with Crippen molar-refractivity contribution in [2.75, 3.05) is 11.6 Å². The van der Waals surface area contributed by atoms with Gasteiger partial charge >= 0.3 is 0 Å². The van der Waals surface area contributed by atoms with Gasteiger partial charge in [-0.1, -0.05) is 30.4 Å².